The summed E-state index contributed by atoms with van der Waals surface area (Å²) in [6.07, 6.45) is 4.95. The van der Waals surface area contributed by atoms with E-state index >= 15 is 0 Å². The minimum absolute atomic E-state index is 0.232. The van der Waals surface area contributed by atoms with Crippen LogP contribution in [0.2, 0.25) is 0 Å². The lowest BCUT2D eigenvalue weighted by atomic mass is 9.95. The Morgan fingerprint density at radius 3 is 2.80 bits per heavy atom. The van der Waals surface area contributed by atoms with Crippen LogP contribution in [-0.4, -0.2) is 38.4 Å². The van der Waals surface area contributed by atoms with E-state index in [2.05, 4.69) is 50.5 Å². The van der Waals surface area contributed by atoms with E-state index < -0.39 is 12.0 Å². The van der Waals surface area contributed by atoms with Crippen LogP contribution in [0.5, 0.6) is 0 Å². The van der Waals surface area contributed by atoms with E-state index in [0.717, 1.165) is 39.0 Å². The van der Waals surface area contributed by atoms with Gasteiger partial charge in [-0.05, 0) is 56.6 Å². The van der Waals surface area contributed by atoms with Crippen LogP contribution in [-0.2, 0) is 22.5 Å². The van der Waals surface area contributed by atoms with Crippen molar-refractivity contribution in [1.82, 2.24) is 19.6 Å². The normalized spacial score (nSPS) is 17.0. The molecule has 1 atom stereocenters. The number of thioether (sulfide) groups is 1. The molecule has 3 heterocycles. The second-order valence-electron chi connectivity index (χ2n) is 9.08. The maximum Gasteiger partial charge on any atom is 0.329 e. The molecule has 0 bridgehead atoms. The van der Waals surface area contributed by atoms with Crippen molar-refractivity contribution in [2.75, 3.05) is 12.9 Å². The maximum atomic E-state index is 13.6. The quantitative estimate of drug-likeness (QED) is 0.319. The highest BCUT2D eigenvalue weighted by molar-refractivity contribution is 9.10. The number of aromatic nitrogens is 4. The molecule has 2 aromatic carbocycles. The van der Waals surface area contributed by atoms with Gasteiger partial charge >= 0.3 is 5.97 Å². The van der Waals surface area contributed by atoms with Crippen LogP contribution in [0.4, 0.5) is 0 Å². The summed E-state index contributed by atoms with van der Waals surface area (Å²) >= 11 is 5.10. The fourth-order valence-corrected chi connectivity index (χ4v) is 6.64. The predicted molar refractivity (Wildman–Crippen MR) is 139 cm³/mol. The molecule has 1 aliphatic carbocycles. The van der Waals surface area contributed by atoms with Crippen molar-refractivity contribution in [3.8, 4) is 11.3 Å². The molecule has 0 spiro atoms. The molecule has 35 heavy (non-hydrogen) atoms. The van der Waals surface area contributed by atoms with Crippen molar-refractivity contribution in [2.24, 2.45) is 5.92 Å². The number of pyridine rings is 1. The summed E-state index contributed by atoms with van der Waals surface area (Å²) in [6.45, 7) is 0.847. The molecular formula is C26H23BrN4O3S. The lowest BCUT2D eigenvalue weighted by molar-refractivity contribution is -0.143. The van der Waals surface area contributed by atoms with E-state index in [9.17, 15) is 9.59 Å². The molecule has 0 N–H and O–H groups in total. The first kappa shape index (κ1) is 22.5. The highest BCUT2D eigenvalue weighted by atomic mass is 79.9. The summed E-state index contributed by atoms with van der Waals surface area (Å²) in [5.74, 6) is 0.680. The van der Waals surface area contributed by atoms with Crippen LogP contribution in [0.1, 0.15) is 30.0 Å². The maximum absolute atomic E-state index is 13.6. The first-order valence-corrected chi connectivity index (χ1v) is 13.4. The molecular weight excluding hydrogens is 528 g/mol. The summed E-state index contributed by atoms with van der Waals surface area (Å²) < 4.78 is 8.89. The van der Waals surface area contributed by atoms with Gasteiger partial charge < -0.3 is 4.74 Å². The van der Waals surface area contributed by atoms with Crippen molar-refractivity contribution in [3.63, 3.8) is 0 Å². The second-order valence-corrected chi connectivity index (χ2v) is 10.9. The van der Waals surface area contributed by atoms with Gasteiger partial charge in [-0.25, -0.2) is 4.79 Å². The molecule has 2 aromatic heterocycles. The van der Waals surface area contributed by atoms with Gasteiger partial charge in [-0.3, -0.25) is 14.0 Å². The Hall–Kier alpha value is -2.91. The van der Waals surface area contributed by atoms with Gasteiger partial charge in [-0.2, -0.15) is 0 Å². The summed E-state index contributed by atoms with van der Waals surface area (Å²) in [4.78, 5) is 26.1. The monoisotopic (exact) mass is 550 g/mol. The Balaban J connectivity index is 1.55. The number of methoxy groups -OCH3 is 1. The van der Waals surface area contributed by atoms with Crippen molar-refractivity contribution in [1.29, 1.82) is 0 Å². The van der Waals surface area contributed by atoms with Crippen molar-refractivity contribution >= 4 is 44.4 Å². The zero-order valence-electron chi connectivity index (χ0n) is 19.1. The molecule has 1 fully saturated rings. The number of hydrogen-bond acceptors (Lipinski definition) is 6. The van der Waals surface area contributed by atoms with Gasteiger partial charge in [0.25, 0.3) is 5.56 Å². The number of fused-ring (bicyclic) bond motifs is 2. The van der Waals surface area contributed by atoms with E-state index in [-0.39, 0.29) is 5.56 Å². The number of halogens is 1. The number of benzene rings is 2. The Bertz CT molecular complexity index is 1520. The molecule has 9 heteroatoms. The number of hydrogen-bond donors (Lipinski definition) is 0. The summed E-state index contributed by atoms with van der Waals surface area (Å²) in [6, 6.07) is 13.8. The van der Waals surface area contributed by atoms with Gasteiger partial charge in [0, 0.05) is 24.3 Å². The zero-order chi connectivity index (χ0) is 24.1. The number of esters is 1. The third kappa shape index (κ3) is 4.00. The number of carbonyl (C=O) groups is 1. The molecule has 4 aromatic rings. The van der Waals surface area contributed by atoms with E-state index in [1.54, 1.807) is 4.57 Å². The molecule has 6 rings (SSSR count). The smallest absolute Gasteiger partial charge is 0.329 e. The Morgan fingerprint density at radius 2 is 2.00 bits per heavy atom. The first-order valence-electron chi connectivity index (χ1n) is 11.6. The fourth-order valence-electron chi connectivity index (χ4n) is 4.79. The Kier molecular flexibility index (Phi) is 5.76. The third-order valence-corrected chi connectivity index (χ3v) is 8.73. The Morgan fingerprint density at radius 1 is 1.20 bits per heavy atom. The second kappa shape index (κ2) is 8.95. The summed E-state index contributed by atoms with van der Waals surface area (Å²) in [5.41, 5.74) is 3.30. The molecule has 0 radical (unpaired) electrons. The predicted octanol–water partition coefficient (Wildman–Crippen LogP) is 4.84. The SMILES string of the molecule is COC(=O)[C@@H]1CSc2c(-c3cn(CC4CC4)nn3)c(Cc3cccc4ccccc34)c(Br)c(=O)n21. The first-order chi connectivity index (χ1) is 17.0. The summed E-state index contributed by atoms with van der Waals surface area (Å²) in [5, 5.41) is 11.9. The molecule has 1 saturated carbocycles. The van der Waals surface area contributed by atoms with E-state index in [4.69, 9.17) is 4.74 Å². The molecule has 0 amide bonds. The molecule has 0 unspecified atom stereocenters. The largest absolute Gasteiger partial charge is 0.467 e. The third-order valence-electron chi connectivity index (χ3n) is 6.75. The highest BCUT2D eigenvalue weighted by Crippen LogP contribution is 2.43. The minimum Gasteiger partial charge on any atom is -0.467 e. The van der Waals surface area contributed by atoms with Crippen LogP contribution in [0, 0.1) is 5.92 Å². The van der Waals surface area contributed by atoms with Crippen molar-refractivity contribution in [2.45, 2.75) is 36.9 Å². The summed E-state index contributed by atoms with van der Waals surface area (Å²) in [7, 11) is 1.35. The number of nitrogens with zero attached hydrogens (tertiary/aromatic N) is 4. The van der Waals surface area contributed by atoms with Crippen LogP contribution >= 0.6 is 27.7 Å². The van der Waals surface area contributed by atoms with Gasteiger partial charge in [0.15, 0.2) is 0 Å². The minimum atomic E-state index is -0.671. The zero-order valence-corrected chi connectivity index (χ0v) is 21.5. The molecule has 2 aliphatic rings. The van der Waals surface area contributed by atoms with Gasteiger partial charge in [-0.1, -0.05) is 47.7 Å². The lowest BCUT2D eigenvalue weighted by Crippen LogP contribution is -2.31. The molecule has 1 aliphatic heterocycles. The fraction of sp³-hybridized carbons (Fsp3) is 0.308. The average Bonchev–Trinajstić information content (AvgIpc) is 3.39. The van der Waals surface area contributed by atoms with Crippen LogP contribution in [0.3, 0.4) is 0 Å². The van der Waals surface area contributed by atoms with Crippen LogP contribution in [0.15, 0.2) is 63.0 Å². The van der Waals surface area contributed by atoms with Crippen molar-refractivity contribution in [3.05, 3.63) is 74.6 Å². The van der Waals surface area contributed by atoms with Gasteiger partial charge in [0.2, 0.25) is 0 Å². The number of rotatable bonds is 6. The standard InChI is InChI=1S/C26H23BrN4O3S/c1-34-26(33)21-14-35-25-22(20-13-30(29-28-20)12-15-9-10-15)19(23(27)24(32)31(21)25)11-17-7-4-6-16-5-2-3-8-18(16)17/h2-8,13,15,21H,9-12,14H2,1H3/t21-/m0/s1. The van der Waals surface area contributed by atoms with E-state index in [1.807, 2.05) is 29.1 Å². The molecule has 0 saturated heterocycles. The van der Waals surface area contributed by atoms with Gasteiger partial charge in [0.05, 0.1) is 22.8 Å². The highest BCUT2D eigenvalue weighted by Gasteiger charge is 2.36. The van der Waals surface area contributed by atoms with Crippen LogP contribution < -0.4 is 5.56 Å². The van der Waals surface area contributed by atoms with Crippen LogP contribution in [0.25, 0.3) is 22.0 Å². The topological polar surface area (TPSA) is 79.0 Å². The van der Waals surface area contributed by atoms with Crippen molar-refractivity contribution < 1.29 is 9.53 Å². The lowest BCUT2D eigenvalue weighted by Gasteiger charge is -2.18. The van der Waals surface area contributed by atoms with E-state index in [0.29, 0.717) is 28.3 Å². The number of carbonyl (C=O) groups excluding carboxylic acids is 1. The average molecular weight is 551 g/mol. The number of ether oxygens (including phenoxy) is 1. The molecule has 7 nitrogen and oxygen atoms in total. The molecule has 178 valence electrons. The van der Waals surface area contributed by atoms with Gasteiger partial charge in [-0.15, -0.1) is 16.9 Å². The van der Waals surface area contributed by atoms with E-state index in [1.165, 1.54) is 31.7 Å². The van der Waals surface area contributed by atoms with Gasteiger partial charge in [0.1, 0.15) is 11.7 Å². The Labute approximate surface area is 214 Å².